The van der Waals surface area contributed by atoms with Crippen LogP contribution >= 0.6 is 11.8 Å². The van der Waals surface area contributed by atoms with Gasteiger partial charge in [-0.2, -0.15) is 13.2 Å². The number of rotatable bonds is 0. The molecule has 22 heavy (non-hydrogen) atoms. The molecule has 0 bridgehead atoms. The summed E-state index contributed by atoms with van der Waals surface area (Å²) in [6, 6.07) is 10.9. The van der Waals surface area contributed by atoms with Crippen molar-refractivity contribution in [2.75, 3.05) is 0 Å². The molecule has 112 valence electrons. The number of thioether (sulfide) groups is 1. The third kappa shape index (κ3) is 1.94. The summed E-state index contributed by atoms with van der Waals surface area (Å²) in [6.07, 6.45) is -4.52. The molecule has 4 rings (SSSR count). The Kier molecular flexibility index (Phi) is 2.81. The SMILES string of the molecule is O=c1oc2c(ccc3ccccc32)c2c1S[C@H](C(F)(F)F)C2. The van der Waals surface area contributed by atoms with Crippen LogP contribution in [0.2, 0.25) is 0 Å². The van der Waals surface area contributed by atoms with Gasteiger partial charge in [0.25, 0.3) is 0 Å². The second-order valence-corrected chi connectivity index (χ2v) is 6.43. The summed E-state index contributed by atoms with van der Waals surface area (Å²) in [7, 11) is 0. The van der Waals surface area contributed by atoms with Crippen molar-refractivity contribution in [3.05, 3.63) is 52.4 Å². The third-order valence-corrected chi connectivity index (χ3v) is 5.24. The van der Waals surface area contributed by atoms with E-state index < -0.39 is 17.1 Å². The topological polar surface area (TPSA) is 30.2 Å². The summed E-state index contributed by atoms with van der Waals surface area (Å²) in [5.74, 6) is 0. The Hall–Kier alpha value is -1.95. The maximum atomic E-state index is 13.0. The van der Waals surface area contributed by atoms with E-state index in [0.717, 1.165) is 10.8 Å². The van der Waals surface area contributed by atoms with Crippen LogP contribution in [0.5, 0.6) is 0 Å². The van der Waals surface area contributed by atoms with Gasteiger partial charge in [-0.1, -0.05) is 36.4 Å². The fourth-order valence-electron chi connectivity index (χ4n) is 2.85. The molecule has 1 atom stereocenters. The van der Waals surface area contributed by atoms with Gasteiger partial charge in [0, 0.05) is 10.8 Å². The summed E-state index contributed by atoms with van der Waals surface area (Å²) in [5.41, 5.74) is 0.130. The van der Waals surface area contributed by atoms with Crippen molar-refractivity contribution in [2.45, 2.75) is 22.7 Å². The summed E-state index contributed by atoms with van der Waals surface area (Å²) in [5, 5.41) is 0.631. The molecule has 1 aliphatic rings. The zero-order chi connectivity index (χ0) is 15.5. The molecule has 0 aliphatic carbocycles. The van der Waals surface area contributed by atoms with Crippen molar-refractivity contribution in [3.63, 3.8) is 0 Å². The van der Waals surface area contributed by atoms with Crippen LogP contribution in [0.15, 0.2) is 50.5 Å². The molecule has 0 amide bonds. The monoisotopic (exact) mass is 322 g/mol. The summed E-state index contributed by atoms with van der Waals surface area (Å²) >= 11 is 0.559. The minimum Gasteiger partial charge on any atom is -0.421 e. The number of fused-ring (bicyclic) bond motifs is 5. The van der Waals surface area contributed by atoms with Crippen molar-refractivity contribution in [3.8, 4) is 0 Å². The van der Waals surface area contributed by atoms with Crippen LogP contribution in [0.3, 0.4) is 0 Å². The maximum Gasteiger partial charge on any atom is 0.401 e. The maximum absolute atomic E-state index is 13.0. The van der Waals surface area contributed by atoms with Crippen LogP contribution in [0.4, 0.5) is 13.2 Å². The van der Waals surface area contributed by atoms with Gasteiger partial charge < -0.3 is 4.42 Å². The molecule has 0 N–H and O–H groups in total. The molecule has 0 unspecified atom stereocenters. The Morgan fingerprint density at radius 2 is 1.86 bits per heavy atom. The summed E-state index contributed by atoms with van der Waals surface area (Å²) in [6.45, 7) is 0. The van der Waals surface area contributed by atoms with Gasteiger partial charge in [0.2, 0.25) is 0 Å². The van der Waals surface area contributed by atoms with Gasteiger partial charge >= 0.3 is 11.8 Å². The van der Waals surface area contributed by atoms with Crippen molar-refractivity contribution in [1.82, 2.24) is 0 Å². The Balaban J connectivity index is 2.03. The normalized spacial score (nSPS) is 18.0. The predicted octanol–water partition coefficient (Wildman–Crippen LogP) is 4.53. The van der Waals surface area contributed by atoms with Crippen LogP contribution in [-0.4, -0.2) is 11.4 Å². The van der Waals surface area contributed by atoms with Gasteiger partial charge in [-0.25, -0.2) is 4.79 Å². The van der Waals surface area contributed by atoms with Crippen LogP contribution in [0.25, 0.3) is 21.7 Å². The van der Waals surface area contributed by atoms with E-state index in [9.17, 15) is 18.0 Å². The van der Waals surface area contributed by atoms with E-state index in [1.807, 2.05) is 24.3 Å². The molecule has 3 aromatic rings. The fourth-order valence-corrected chi connectivity index (χ4v) is 3.99. The van der Waals surface area contributed by atoms with Crippen molar-refractivity contribution in [2.24, 2.45) is 0 Å². The van der Waals surface area contributed by atoms with Crippen LogP contribution in [0, 0.1) is 0 Å². The molecule has 0 saturated heterocycles. The number of hydrogen-bond acceptors (Lipinski definition) is 3. The quantitative estimate of drug-likeness (QED) is 0.450. The Morgan fingerprint density at radius 3 is 2.64 bits per heavy atom. The Labute approximate surface area is 126 Å². The van der Waals surface area contributed by atoms with Crippen molar-refractivity contribution < 1.29 is 17.6 Å². The highest BCUT2D eigenvalue weighted by molar-refractivity contribution is 8.00. The standard InChI is InChI=1S/C16H9F3O2S/c17-16(18,19)12-7-11-10-6-5-8-3-1-2-4-9(8)13(10)21-15(20)14(11)22-12/h1-6,12H,7H2/t12-/m0/s1. The van der Waals surface area contributed by atoms with E-state index in [1.54, 1.807) is 12.1 Å². The smallest absolute Gasteiger partial charge is 0.401 e. The molecule has 0 spiro atoms. The number of halogens is 3. The molecular formula is C16H9F3O2S. The van der Waals surface area contributed by atoms with Gasteiger partial charge in [-0.15, -0.1) is 11.8 Å². The molecule has 0 fully saturated rings. The zero-order valence-electron chi connectivity index (χ0n) is 11.1. The average molecular weight is 322 g/mol. The molecule has 2 aromatic carbocycles. The summed E-state index contributed by atoms with van der Waals surface area (Å²) < 4.78 is 44.2. The third-order valence-electron chi connectivity index (χ3n) is 3.87. The minimum atomic E-state index is -4.33. The lowest BCUT2D eigenvalue weighted by molar-refractivity contribution is -0.127. The van der Waals surface area contributed by atoms with E-state index in [1.165, 1.54) is 0 Å². The first-order valence-electron chi connectivity index (χ1n) is 6.66. The molecule has 0 radical (unpaired) electrons. The van der Waals surface area contributed by atoms with Gasteiger partial charge in [0.1, 0.15) is 10.8 Å². The van der Waals surface area contributed by atoms with Crippen LogP contribution < -0.4 is 5.63 Å². The van der Waals surface area contributed by atoms with Crippen LogP contribution in [-0.2, 0) is 6.42 Å². The van der Waals surface area contributed by atoms with E-state index in [4.69, 9.17) is 4.42 Å². The Morgan fingerprint density at radius 1 is 1.09 bits per heavy atom. The highest BCUT2D eigenvalue weighted by Gasteiger charge is 2.45. The number of hydrogen-bond donors (Lipinski definition) is 0. The van der Waals surface area contributed by atoms with Gasteiger partial charge in [0.15, 0.2) is 0 Å². The second-order valence-electron chi connectivity index (χ2n) is 5.21. The minimum absolute atomic E-state index is 0.0881. The second kappa shape index (κ2) is 4.52. The Bertz CT molecular complexity index is 959. The lowest BCUT2D eigenvalue weighted by atomic mass is 10.0. The highest BCUT2D eigenvalue weighted by atomic mass is 32.2. The fraction of sp³-hybridized carbons (Fsp3) is 0.188. The highest BCUT2D eigenvalue weighted by Crippen LogP contribution is 2.45. The number of alkyl halides is 3. The largest absolute Gasteiger partial charge is 0.421 e. The number of benzene rings is 2. The average Bonchev–Trinajstić information content (AvgIpc) is 2.93. The predicted molar refractivity (Wildman–Crippen MR) is 79.4 cm³/mol. The molecule has 2 nitrogen and oxygen atoms in total. The van der Waals surface area contributed by atoms with E-state index in [0.29, 0.717) is 28.3 Å². The molecule has 6 heteroatoms. The lowest BCUT2D eigenvalue weighted by Crippen LogP contribution is -2.24. The summed E-state index contributed by atoms with van der Waals surface area (Å²) in [4.78, 5) is 12.2. The van der Waals surface area contributed by atoms with E-state index in [2.05, 4.69) is 0 Å². The molecule has 2 heterocycles. The van der Waals surface area contributed by atoms with E-state index >= 15 is 0 Å². The van der Waals surface area contributed by atoms with Crippen molar-refractivity contribution >= 4 is 33.5 Å². The molecule has 1 aliphatic heterocycles. The first-order chi connectivity index (χ1) is 10.4. The first-order valence-corrected chi connectivity index (χ1v) is 7.54. The molecule has 1 aromatic heterocycles. The lowest BCUT2D eigenvalue weighted by Gasteiger charge is -2.12. The first kappa shape index (κ1) is 13.7. The van der Waals surface area contributed by atoms with Crippen LogP contribution in [0.1, 0.15) is 5.56 Å². The van der Waals surface area contributed by atoms with Gasteiger partial charge in [0.05, 0.1) is 4.90 Å². The van der Waals surface area contributed by atoms with E-state index in [-0.39, 0.29) is 11.3 Å². The zero-order valence-corrected chi connectivity index (χ0v) is 11.9. The molecule has 0 saturated carbocycles. The van der Waals surface area contributed by atoms with Crippen molar-refractivity contribution in [1.29, 1.82) is 0 Å². The molecular weight excluding hydrogens is 313 g/mol. The van der Waals surface area contributed by atoms with Gasteiger partial charge in [-0.3, -0.25) is 0 Å². The van der Waals surface area contributed by atoms with Gasteiger partial charge in [-0.05, 0) is 17.4 Å².